The maximum atomic E-state index is 12.1. The Bertz CT molecular complexity index is 823. The van der Waals surface area contributed by atoms with Crippen molar-refractivity contribution in [3.05, 3.63) is 30.1 Å². The van der Waals surface area contributed by atoms with E-state index in [-0.39, 0.29) is 5.91 Å². The van der Waals surface area contributed by atoms with E-state index in [0.29, 0.717) is 6.42 Å². The number of unbranched alkanes of at least 4 members (excludes halogenated alkanes) is 2. The van der Waals surface area contributed by atoms with Gasteiger partial charge in [0.15, 0.2) is 5.82 Å². The molecule has 6 nitrogen and oxygen atoms in total. The number of hydrogen-bond donors (Lipinski definition) is 1. The SMILES string of the molecule is CCCCCC(=O)Nc1ccccc1-c1nn2c(C)nnc2s1. The van der Waals surface area contributed by atoms with Gasteiger partial charge in [0, 0.05) is 12.0 Å². The van der Waals surface area contributed by atoms with Crippen LogP contribution in [0.4, 0.5) is 5.69 Å². The molecule has 0 unspecified atom stereocenters. The molecule has 3 rings (SSSR count). The molecule has 0 radical (unpaired) electrons. The van der Waals surface area contributed by atoms with Gasteiger partial charge in [-0.25, -0.2) is 0 Å². The van der Waals surface area contributed by atoms with Gasteiger partial charge in [-0.05, 0) is 25.5 Å². The highest BCUT2D eigenvalue weighted by Crippen LogP contribution is 2.31. The number of hydrogen-bond acceptors (Lipinski definition) is 5. The molecule has 0 bridgehead atoms. The lowest BCUT2D eigenvalue weighted by Gasteiger charge is -2.08. The Labute approximate surface area is 138 Å². The van der Waals surface area contributed by atoms with Gasteiger partial charge >= 0.3 is 0 Å². The van der Waals surface area contributed by atoms with Crippen molar-refractivity contribution in [3.63, 3.8) is 0 Å². The number of carbonyl (C=O) groups is 1. The van der Waals surface area contributed by atoms with E-state index in [2.05, 4.69) is 27.5 Å². The molecular weight excluding hydrogens is 310 g/mol. The fraction of sp³-hybridized carbons (Fsp3) is 0.375. The number of anilines is 1. The maximum absolute atomic E-state index is 12.1. The Morgan fingerprint density at radius 2 is 2.09 bits per heavy atom. The molecule has 2 aromatic heterocycles. The number of amides is 1. The average Bonchev–Trinajstić information content (AvgIpc) is 3.11. The zero-order valence-corrected chi connectivity index (χ0v) is 14.1. The quantitative estimate of drug-likeness (QED) is 0.700. The third kappa shape index (κ3) is 3.39. The van der Waals surface area contributed by atoms with Crippen LogP contribution in [0.3, 0.4) is 0 Å². The van der Waals surface area contributed by atoms with Crippen LogP contribution in [0.2, 0.25) is 0 Å². The van der Waals surface area contributed by atoms with Crippen LogP contribution in [0.1, 0.15) is 38.4 Å². The minimum atomic E-state index is 0.0464. The van der Waals surface area contributed by atoms with Crippen molar-refractivity contribution in [1.29, 1.82) is 0 Å². The minimum Gasteiger partial charge on any atom is -0.325 e. The zero-order chi connectivity index (χ0) is 16.2. The molecule has 0 aliphatic heterocycles. The Kier molecular flexibility index (Phi) is 4.66. The van der Waals surface area contributed by atoms with Gasteiger partial charge in [0.1, 0.15) is 5.01 Å². The van der Waals surface area contributed by atoms with Crippen molar-refractivity contribution in [2.75, 3.05) is 5.32 Å². The van der Waals surface area contributed by atoms with Crippen molar-refractivity contribution < 1.29 is 4.79 Å². The van der Waals surface area contributed by atoms with Gasteiger partial charge in [-0.15, -0.1) is 10.2 Å². The van der Waals surface area contributed by atoms with E-state index >= 15 is 0 Å². The highest BCUT2D eigenvalue weighted by atomic mass is 32.1. The first-order chi connectivity index (χ1) is 11.2. The number of nitrogens with zero attached hydrogens (tertiary/aromatic N) is 4. The molecule has 0 aliphatic carbocycles. The molecule has 23 heavy (non-hydrogen) atoms. The highest BCUT2D eigenvalue weighted by Gasteiger charge is 2.14. The van der Waals surface area contributed by atoms with Crippen LogP contribution >= 0.6 is 11.3 Å². The van der Waals surface area contributed by atoms with Gasteiger partial charge in [0.2, 0.25) is 10.9 Å². The number of rotatable bonds is 6. The molecule has 0 atom stereocenters. The Hall–Kier alpha value is -2.28. The second kappa shape index (κ2) is 6.87. The average molecular weight is 329 g/mol. The number of carbonyl (C=O) groups excluding carboxylic acids is 1. The molecule has 7 heteroatoms. The number of para-hydroxylation sites is 1. The van der Waals surface area contributed by atoms with Gasteiger partial charge in [-0.3, -0.25) is 4.79 Å². The van der Waals surface area contributed by atoms with Crippen LogP contribution in [0.5, 0.6) is 0 Å². The summed E-state index contributed by atoms with van der Waals surface area (Å²) < 4.78 is 1.72. The molecular formula is C16H19N5OS. The summed E-state index contributed by atoms with van der Waals surface area (Å²) in [4.78, 5) is 12.8. The number of aromatic nitrogens is 4. The van der Waals surface area contributed by atoms with Gasteiger partial charge in [-0.1, -0.05) is 43.2 Å². The maximum Gasteiger partial charge on any atom is 0.234 e. The molecule has 120 valence electrons. The van der Waals surface area contributed by atoms with Gasteiger partial charge in [0.25, 0.3) is 0 Å². The summed E-state index contributed by atoms with van der Waals surface area (Å²) >= 11 is 1.46. The fourth-order valence-electron chi connectivity index (χ4n) is 2.35. The first-order valence-corrected chi connectivity index (χ1v) is 8.58. The molecule has 0 fully saturated rings. The van der Waals surface area contributed by atoms with E-state index < -0.39 is 0 Å². The Balaban J connectivity index is 1.84. The van der Waals surface area contributed by atoms with Crippen molar-refractivity contribution in [3.8, 4) is 10.6 Å². The highest BCUT2D eigenvalue weighted by molar-refractivity contribution is 7.19. The Morgan fingerprint density at radius 3 is 2.87 bits per heavy atom. The largest absolute Gasteiger partial charge is 0.325 e. The number of nitrogens with one attached hydrogen (secondary N) is 1. The van der Waals surface area contributed by atoms with E-state index in [0.717, 1.165) is 46.3 Å². The summed E-state index contributed by atoms with van der Waals surface area (Å²) in [6, 6.07) is 7.72. The monoisotopic (exact) mass is 329 g/mol. The van der Waals surface area contributed by atoms with Gasteiger partial charge in [-0.2, -0.15) is 9.61 Å². The minimum absolute atomic E-state index is 0.0464. The Morgan fingerprint density at radius 1 is 1.26 bits per heavy atom. The van der Waals surface area contributed by atoms with Crippen molar-refractivity contribution in [2.45, 2.75) is 39.5 Å². The number of aryl methyl sites for hydroxylation is 1. The normalized spacial score (nSPS) is 11.0. The lowest BCUT2D eigenvalue weighted by Crippen LogP contribution is -2.11. The molecule has 1 N–H and O–H groups in total. The summed E-state index contributed by atoms with van der Waals surface area (Å²) in [5, 5.41) is 16.4. The molecule has 1 amide bonds. The molecule has 3 aromatic rings. The van der Waals surface area contributed by atoms with Gasteiger partial charge in [0.05, 0.1) is 5.69 Å². The molecule has 1 aromatic carbocycles. The van der Waals surface area contributed by atoms with Crippen molar-refractivity contribution >= 4 is 27.9 Å². The van der Waals surface area contributed by atoms with E-state index in [1.54, 1.807) is 4.52 Å². The third-order valence-electron chi connectivity index (χ3n) is 3.59. The lowest BCUT2D eigenvalue weighted by atomic mass is 10.1. The smallest absolute Gasteiger partial charge is 0.234 e. The second-order valence-electron chi connectivity index (χ2n) is 5.40. The van der Waals surface area contributed by atoms with Crippen LogP contribution < -0.4 is 5.32 Å². The zero-order valence-electron chi connectivity index (χ0n) is 13.2. The lowest BCUT2D eigenvalue weighted by molar-refractivity contribution is -0.116. The predicted molar refractivity (Wildman–Crippen MR) is 91.6 cm³/mol. The number of benzene rings is 1. The second-order valence-corrected chi connectivity index (χ2v) is 6.36. The first-order valence-electron chi connectivity index (χ1n) is 7.77. The van der Waals surface area contributed by atoms with Gasteiger partial charge < -0.3 is 5.32 Å². The molecule has 0 saturated heterocycles. The molecule has 0 aliphatic rings. The molecule has 0 saturated carbocycles. The summed E-state index contributed by atoms with van der Waals surface area (Å²) in [6.07, 6.45) is 3.65. The van der Waals surface area contributed by atoms with Crippen molar-refractivity contribution in [1.82, 2.24) is 19.8 Å². The third-order valence-corrected chi connectivity index (χ3v) is 4.52. The summed E-state index contributed by atoms with van der Waals surface area (Å²) in [6.45, 7) is 3.99. The standard InChI is InChI=1S/C16H19N5OS/c1-3-4-5-10-14(22)17-13-9-7-6-8-12(13)15-20-21-11(2)18-19-16(21)23-15/h6-9H,3-5,10H2,1-2H3,(H,17,22). The summed E-state index contributed by atoms with van der Waals surface area (Å²) in [7, 11) is 0. The van der Waals surface area contributed by atoms with Crippen LogP contribution in [-0.4, -0.2) is 25.7 Å². The first kappa shape index (κ1) is 15.6. The van der Waals surface area contributed by atoms with E-state index in [1.165, 1.54) is 11.3 Å². The topological polar surface area (TPSA) is 72.2 Å². The van der Waals surface area contributed by atoms with Crippen LogP contribution in [-0.2, 0) is 4.79 Å². The molecule has 0 spiro atoms. The van der Waals surface area contributed by atoms with E-state index in [4.69, 9.17) is 0 Å². The molecule has 2 heterocycles. The van der Waals surface area contributed by atoms with Crippen LogP contribution in [0.25, 0.3) is 15.5 Å². The van der Waals surface area contributed by atoms with Crippen LogP contribution in [0, 0.1) is 6.92 Å². The van der Waals surface area contributed by atoms with Crippen molar-refractivity contribution in [2.24, 2.45) is 0 Å². The number of fused-ring (bicyclic) bond motifs is 1. The van der Waals surface area contributed by atoms with Crippen LogP contribution in [0.15, 0.2) is 24.3 Å². The summed E-state index contributed by atoms with van der Waals surface area (Å²) in [5.74, 6) is 0.800. The fourth-order valence-corrected chi connectivity index (χ4v) is 3.27. The van der Waals surface area contributed by atoms with E-state index in [1.807, 2.05) is 31.2 Å². The van der Waals surface area contributed by atoms with E-state index in [9.17, 15) is 4.79 Å². The summed E-state index contributed by atoms with van der Waals surface area (Å²) in [5.41, 5.74) is 1.70. The predicted octanol–water partition coefficient (Wildman–Crippen LogP) is 3.68.